The zero-order chi connectivity index (χ0) is 13.3. The first-order chi connectivity index (χ1) is 8.49. The Kier molecular flexibility index (Phi) is 3.10. The maximum absolute atomic E-state index is 13.4. The van der Waals surface area contributed by atoms with Gasteiger partial charge in [-0.05, 0) is 18.2 Å². The molecule has 0 amide bonds. The highest BCUT2D eigenvalue weighted by Gasteiger charge is 2.12. The van der Waals surface area contributed by atoms with E-state index in [2.05, 4.69) is 5.32 Å². The third kappa shape index (κ3) is 2.22. The molecule has 0 bridgehead atoms. The number of anilines is 3. The minimum Gasteiger partial charge on any atom is -0.395 e. The lowest BCUT2D eigenvalue weighted by molar-refractivity contribution is 0.511. The Hall–Kier alpha value is -2.24. The highest BCUT2D eigenvalue weighted by Crippen LogP contribution is 2.28. The molecule has 18 heavy (non-hydrogen) atoms. The molecule has 0 unspecified atom stereocenters. The lowest BCUT2D eigenvalue weighted by Crippen LogP contribution is -2.02. The highest BCUT2D eigenvalue weighted by molar-refractivity contribution is 5.73. The second-order valence-electron chi connectivity index (χ2n) is 3.58. The number of rotatable bonds is 2. The molecule has 0 saturated heterocycles. The van der Waals surface area contributed by atoms with Crippen molar-refractivity contribution in [1.29, 1.82) is 0 Å². The van der Waals surface area contributed by atoms with Crippen molar-refractivity contribution >= 4 is 17.1 Å². The van der Waals surface area contributed by atoms with Gasteiger partial charge in [0.1, 0.15) is 5.82 Å². The molecule has 2 nitrogen and oxygen atoms in total. The second-order valence-corrected chi connectivity index (χ2v) is 3.58. The normalized spacial score (nSPS) is 10.4. The Morgan fingerprint density at radius 1 is 0.889 bits per heavy atom. The van der Waals surface area contributed by atoms with Gasteiger partial charge < -0.3 is 11.1 Å². The van der Waals surface area contributed by atoms with Gasteiger partial charge >= 0.3 is 0 Å². The molecule has 0 saturated carbocycles. The molecule has 0 aliphatic carbocycles. The molecule has 2 aromatic carbocycles. The first-order valence-corrected chi connectivity index (χ1v) is 4.94. The summed E-state index contributed by atoms with van der Waals surface area (Å²) in [4.78, 5) is 0. The van der Waals surface area contributed by atoms with Crippen molar-refractivity contribution in [3.63, 3.8) is 0 Å². The molecule has 3 N–H and O–H groups in total. The number of nitrogens with two attached hydrogens (primary N) is 1. The molecule has 0 heterocycles. The van der Waals surface area contributed by atoms with Gasteiger partial charge in [-0.1, -0.05) is 6.07 Å². The van der Waals surface area contributed by atoms with Gasteiger partial charge in [0.25, 0.3) is 0 Å². The van der Waals surface area contributed by atoms with Gasteiger partial charge in [-0.15, -0.1) is 0 Å². The average molecular weight is 256 g/mol. The van der Waals surface area contributed by atoms with Crippen molar-refractivity contribution in [2.45, 2.75) is 0 Å². The van der Waals surface area contributed by atoms with Crippen LogP contribution in [0.25, 0.3) is 0 Å². The summed E-state index contributed by atoms with van der Waals surface area (Å²) in [5.41, 5.74) is 4.57. The SMILES string of the molecule is Nc1c(F)cc(F)cc1Nc1cccc(F)c1F. The van der Waals surface area contributed by atoms with Crippen molar-refractivity contribution < 1.29 is 17.6 Å². The first kappa shape index (κ1) is 12.2. The van der Waals surface area contributed by atoms with Crippen molar-refractivity contribution in [2.24, 2.45) is 0 Å². The minimum atomic E-state index is -1.15. The summed E-state index contributed by atoms with van der Waals surface area (Å²) < 4.78 is 52.4. The smallest absolute Gasteiger partial charge is 0.182 e. The maximum Gasteiger partial charge on any atom is 0.182 e. The molecule has 0 spiro atoms. The lowest BCUT2D eigenvalue weighted by atomic mass is 10.2. The van der Waals surface area contributed by atoms with Gasteiger partial charge in [-0.2, -0.15) is 0 Å². The van der Waals surface area contributed by atoms with E-state index < -0.39 is 23.3 Å². The van der Waals surface area contributed by atoms with Gasteiger partial charge in [-0.25, -0.2) is 17.6 Å². The zero-order valence-corrected chi connectivity index (χ0v) is 8.98. The Labute approximate surface area is 100 Å². The molecule has 94 valence electrons. The average Bonchev–Trinajstić information content (AvgIpc) is 2.31. The molecule has 0 radical (unpaired) electrons. The van der Waals surface area contributed by atoms with E-state index in [4.69, 9.17) is 5.73 Å². The van der Waals surface area contributed by atoms with Crippen LogP contribution in [0.3, 0.4) is 0 Å². The van der Waals surface area contributed by atoms with Crippen LogP contribution in [0.2, 0.25) is 0 Å². The van der Waals surface area contributed by atoms with Gasteiger partial charge in [-0.3, -0.25) is 0 Å². The summed E-state index contributed by atoms with van der Waals surface area (Å²) in [7, 11) is 0. The monoisotopic (exact) mass is 256 g/mol. The molecule has 0 aromatic heterocycles. The van der Waals surface area contributed by atoms with Crippen LogP contribution in [-0.2, 0) is 0 Å². The molecule has 6 heteroatoms. The summed E-state index contributed by atoms with van der Waals surface area (Å²) in [5.74, 6) is -4.08. The van der Waals surface area contributed by atoms with Crippen LogP contribution in [-0.4, -0.2) is 0 Å². The molecule has 2 aromatic rings. The van der Waals surface area contributed by atoms with E-state index in [-0.39, 0.29) is 17.1 Å². The lowest BCUT2D eigenvalue weighted by Gasteiger charge is -2.11. The van der Waals surface area contributed by atoms with Gasteiger partial charge in [0.2, 0.25) is 0 Å². The van der Waals surface area contributed by atoms with Crippen LogP contribution in [0.15, 0.2) is 30.3 Å². The number of hydrogen-bond acceptors (Lipinski definition) is 2. The number of benzene rings is 2. The van der Waals surface area contributed by atoms with Crippen LogP contribution in [0.5, 0.6) is 0 Å². The van der Waals surface area contributed by atoms with Crippen LogP contribution in [0.4, 0.5) is 34.6 Å². The largest absolute Gasteiger partial charge is 0.395 e. The quantitative estimate of drug-likeness (QED) is 0.636. The summed E-state index contributed by atoms with van der Waals surface area (Å²) in [6.45, 7) is 0. The number of nitrogen functional groups attached to an aromatic ring is 1. The van der Waals surface area contributed by atoms with E-state index in [1.165, 1.54) is 12.1 Å². The predicted molar refractivity (Wildman–Crippen MR) is 60.4 cm³/mol. The summed E-state index contributed by atoms with van der Waals surface area (Å²) in [6.07, 6.45) is 0. The van der Waals surface area contributed by atoms with Crippen LogP contribution in [0, 0.1) is 23.3 Å². The molecule has 2 rings (SSSR count). The third-order valence-electron chi connectivity index (χ3n) is 2.32. The molecule has 0 aliphatic heterocycles. The molecule has 0 atom stereocenters. The molecule has 0 aliphatic rings. The summed E-state index contributed by atoms with van der Waals surface area (Å²) >= 11 is 0. The molecular weight excluding hydrogens is 248 g/mol. The van der Waals surface area contributed by atoms with Crippen LogP contribution >= 0.6 is 0 Å². The van der Waals surface area contributed by atoms with Crippen LogP contribution in [0.1, 0.15) is 0 Å². The second kappa shape index (κ2) is 4.56. The van der Waals surface area contributed by atoms with Crippen LogP contribution < -0.4 is 11.1 Å². The van der Waals surface area contributed by atoms with Crippen molar-refractivity contribution in [2.75, 3.05) is 11.1 Å². The third-order valence-corrected chi connectivity index (χ3v) is 2.32. The van der Waals surface area contributed by atoms with E-state index in [0.29, 0.717) is 6.07 Å². The van der Waals surface area contributed by atoms with E-state index in [1.54, 1.807) is 0 Å². The Bertz CT molecular complexity index is 599. The number of nitrogens with one attached hydrogen (secondary N) is 1. The topological polar surface area (TPSA) is 38.0 Å². The Morgan fingerprint density at radius 3 is 2.33 bits per heavy atom. The van der Waals surface area contributed by atoms with Gasteiger partial charge in [0.05, 0.1) is 17.1 Å². The standard InChI is InChI=1S/C12H8F4N2/c13-6-4-8(15)12(17)10(5-6)18-9-3-1-2-7(14)11(9)16/h1-5,18H,17H2. The van der Waals surface area contributed by atoms with E-state index >= 15 is 0 Å². The van der Waals surface area contributed by atoms with E-state index in [1.807, 2.05) is 0 Å². The molecule has 0 fully saturated rings. The summed E-state index contributed by atoms with van der Waals surface area (Å²) in [6, 6.07) is 4.90. The Balaban J connectivity index is 2.43. The molecular formula is C12H8F4N2. The number of halogens is 4. The van der Waals surface area contributed by atoms with Gasteiger partial charge in [0, 0.05) is 6.07 Å². The van der Waals surface area contributed by atoms with Crippen molar-refractivity contribution in [3.05, 3.63) is 53.6 Å². The fourth-order valence-corrected chi connectivity index (χ4v) is 1.43. The van der Waals surface area contributed by atoms with Crippen molar-refractivity contribution in [3.8, 4) is 0 Å². The zero-order valence-electron chi connectivity index (χ0n) is 8.98. The first-order valence-electron chi connectivity index (χ1n) is 4.94. The highest BCUT2D eigenvalue weighted by atomic mass is 19.2. The maximum atomic E-state index is 13.4. The number of hydrogen-bond donors (Lipinski definition) is 2. The van der Waals surface area contributed by atoms with E-state index in [0.717, 1.165) is 12.1 Å². The fourth-order valence-electron chi connectivity index (χ4n) is 1.43. The van der Waals surface area contributed by atoms with Crippen molar-refractivity contribution in [1.82, 2.24) is 0 Å². The van der Waals surface area contributed by atoms with Gasteiger partial charge in [0.15, 0.2) is 17.5 Å². The van der Waals surface area contributed by atoms with E-state index in [9.17, 15) is 17.6 Å². The summed E-state index contributed by atoms with van der Waals surface area (Å²) in [5, 5.41) is 2.34. The Morgan fingerprint density at radius 2 is 1.61 bits per heavy atom. The predicted octanol–water partition coefficient (Wildman–Crippen LogP) is 3.57. The fraction of sp³-hybridized carbons (Fsp3) is 0. The minimum absolute atomic E-state index is 0.169.